The smallest absolute Gasteiger partial charge is 0.114 e. The maximum atomic E-state index is 4.49. The first-order valence-corrected chi connectivity index (χ1v) is 1.84. The minimum atomic E-state index is 0.617. The Kier molecular flexibility index (Phi) is 4.08. The topological polar surface area (TPSA) is 21.6 Å². The highest BCUT2D eigenvalue weighted by molar-refractivity contribution is 5.60. The lowest BCUT2D eigenvalue weighted by atomic mass is 10.9. The van der Waals surface area contributed by atoms with E-state index in [0.717, 1.165) is 0 Å². The molecule has 2 heteroatoms. The van der Waals surface area contributed by atoms with Crippen molar-refractivity contribution in [2.45, 2.75) is 6.92 Å². The molecule has 0 aromatic carbocycles. The highest BCUT2D eigenvalue weighted by Gasteiger charge is 1.61. The Morgan fingerprint density at radius 1 is 2.00 bits per heavy atom. The van der Waals surface area contributed by atoms with Gasteiger partial charge in [0.25, 0.3) is 0 Å². The average molecular weight is 86.1 g/mol. The van der Waals surface area contributed by atoms with E-state index in [1.807, 2.05) is 6.92 Å². The predicted octanol–water partition coefficient (Wildman–Crippen LogP) is 0.843. The second kappa shape index (κ2) is 4.47. The molecule has 0 spiro atoms. The molecular formula is C4H8NO. The molecule has 0 rings (SSSR count). The van der Waals surface area contributed by atoms with Crippen LogP contribution in [0.1, 0.15) is 6.92 Å². The van der Waals surface area contributed by atoms with Gasteiger partial charge in [-0.1, -0.05) is 5.16 Å². The van der Waals surface area contributed by atoms with Gasteiger partial charge in [0, 0.05) is 6.21 Å². The van der Waals surface area contributed by atoms with E-state index in [4.69, 9.17) is 0 Å². The Morgan fingerprint density at radius 3 is 2.83 bits per heavy atom. The summed E-state index contributed by atoms with van der Waals surface area (Å²) in [6, 6.07) is 0. The molecule has 0 aromatic heterocycles. The monoisotopic (exact) mass is 86.1 g/mol. The van der Waals surface area contributed by atoms with E-state index in [0.29, 0.717) is 6.61 Å². The van der Waals surface area contributed by atoms with E-state index < -0.39 is 0 Å². The lowest BCUT2D eigenvalue weighted by molar-refractivity contribution is 0.160. The van der Waals surface area contributed by atoms with Crippen LogP contribution in [-0.2, 0) is 4.84 Å². The molecule has 6 heavy (non-hydrogen) atoms. The summed E-state index contributed by atoms with van der Waals surface area (Å²) in [7, 11) is 0. The van der Waals surface area contributed by atoms with Crippen molar-refractivity contribution in [3.63, 3.8) is 0 Å². The summed E-state index contributed by atoms with van der Waals surface area (Å²) >= 11 is 0. The van der Waals surface area contributed by atoms with Gasteiger partial charge in [-0.05, 0) is 13.8 Å². The summed E-state index contributed by atoms with van der Waals surface area (Å²) in [5, 5.41) is 3.35. The van der Waals surface area contributed by atoms with Gasteiger partial charge in [0.1, 0.15) is 6.61 Å². The van der Waals surface area contributed by atoms with Gasteiger partial charge in [-0.15, -0.1) is 0 Å². The molecule has 0 amide bonds. The molecule has 0 unspecified atom stereocenters. The molecular weight excluding hydrogens is 78.0 g/mol. The highest BCUT2D eigenvalue weighted by Crippen LogP contribution is 1.67. The quantitative estimate of drug-likeness (QED) is 0.360. The van der Waals surface area contributed by atoms with Crippen LogP contribution < -0.4 is 0 Å². The van der Waals surface area contributed by atoms with E-state index in [-0.39, 0.29) is 0 Å². The van der Waals surface area contributed by atoms with E-state index >= 15 is 0 Å². The average Bonchev–Trinajstić information content (AvgIpc) is 1.61. The second-order valence-corrected chi connectivity index (χ2v) is 0.706. The largest absolute Gasteiger partial charge is 0.396 e. The number of nitrogens with zero attached hydrogens (tertiary/aromatic N) is 1. The van der Waals surface area contributed by atoms with Crippen molar-refractivity contribution in [3.8, 4) is 0 Å². The van der Waals surface area contributed by atoms with Crippen LogP contribution in [0.3, 0.4) is 0 Å². The minimum absolute atomic E-state index is 0.617. The lowest BCUT2D eigenvalue weighted by Gasteiger charge is -1.84. The van der Waals surface area contributed by atoms with E-state index in [9.17, 15) is 0 Å². The van der Waals surface area contributed by atoms with Gasteiger partial charge >= 0.3 is 0 Å². The molecule has 1 radical (unpaired) electrons. The maximum Gasteiger partial charge on any atom is 0.114 e. The maximum absolute atomic E-state index is 4.49. The Morgan fingerprint density at radius 2 is 2.67 bits per heavy atom. The SMILES string of the molecule is [CH2]C=NOCC. The summed E-state index contributed by atoms with van der Waals surface area (Å²) in [6.45, 7) is 5.79. The third kappa shape index (κ3) is 3.47. The molecule has 0 saturated heterocycles. The first-order valence-electron chi connectivity index (χ1n) is 1.84. The van der Waals surface area contributed by atoms with Crippen LogP contribution in [0.15, 0.2) is 5.16 Å². The van der Waals surface area contributed by atoms with Gasteiger partial charge < -0.3 is 4.84 Å². The van der Waals surface area contributed by atoms with Crippen molar-refractivity contribution < 1.29 is 4.84 Å². The Balaban J connectivity index is 2.66. The predicted molar refractivity (Wildman–Crippen MR) is 25.5 cm³/mol. The first kappa shape index (κ1) is 5.47. The molecule has 2 nitrogen and oxygen atoms in total. The molecule has 0 aromatic rings. The van der Waals surface area contributed by atoms with E-state index in [1.54, 1.807) is 0 Å². The standard InChI is InChI=1S/C4H8NO/c1-3-5-6-4-2/h3H,1,4H2,2H3. The molecule has 0 heterocycles. The van der Waals surface area contributed by atoms with E-state index in [2.05, 4.69) is 16.9 Å². The van der Waals surface area contributed by atoms with Crippen LogP contribution in [0.2, 0.25) is 0 Å². The molecule has 0 N–H and O–H groups in total. The molecule has 0 saturated carbocycles. The summed E-state index contributed by atoms with van der Waals surface area (Å²) < 4.78 is 0. The second-order valence-electron chi connectivity index (χ2n) is 0.706. The third-order valence-corrected chi connectivity index (χ3v) is 0.278. The molecule has 0 bridgehead atoms. The third-order valence-electron chi connectivity index (χ3n) is 0.278. The zero-order valence-corrected chi connectivity index (χ0v) is 3.85. The summed E-state index contributed by atoms with van der Waals surface area (Å²) in [5.74, 6) is 0. The van der Waals surface area contributed by atoms with Gasteiger partial charge in [-0.3, -0.25) is 0 Å². The summed E-state index contributed by atoms with van der Waals surface area (Å²) in [6.07, 6.45) is 1.36. The van der Waals surface area contributed by atoms with Crippen LogP contribution in [0.5, 0.6) is 0 Å². The van der Waals surface area contributed by atoms with Crippen molar-refractivity contribution in [2.75, 3.05) is 6.61 Å². The molecule has 0 aliphatic heterocycles. The normalized spacial score (nSPS) is 9.67. The molecule has 0 fully saturated rings. The zero-order chi connectivity index (χ0) is 4.83. The fourth-order valence-corrected chi connectivity index (χ4v) is 0.127. The number of oxime groups is 1. The van der Waals surface area contributed by atoms with Crippen molar-refractivity contribution in [1.29, 1.82) is 0 Å². The van der Waals surface area contributed by atoms with Gasteiger partial charge in [0.15, 0.2) is 0 Å². The molecule has 0 aliphatic carbocycles. The van der Waals surface area contributed by atoms with Crippen molar-refractivity contribution >= 4 is 6.21 Å². The Labute approximate surface area is 37.8 Å². The van der Waals surface area contributed by atoms with Crippen molar-refractivity contribution in [1.82, 2.24) is 0 Å². The Hall–Kier alpha value is -0.530. The van der Waals surface area contributed by atoms with Crippen LogP contribution in [0, 0.1) is 6.92 Å². The number of rotatable bonds is 2. The highest BCUT2D eigenvalue weighted by atomic mass is 16.6. The van der Waals surface area contributed by atoms with Crippen LogP contribution in [0.4, 0.5) is 0 Å². The van der Waals surface area contributed by atoms with Crippen molar-refractivity contribution in [3.05, 3.63) is 6.92 Å². The fraction of sp³-hybridized carbons (Fsp3) is 0.500. The van der Waals surface area contributed by atoms with Crippen LogP contribution in [-0.4, -0.2) is 12.8 Å². The summed E-state index contributed by atoms with van der Waals surface area (Å²) in [4.78, 5) is 4.49. The molecule has 0 aliphatic rings. The summed E-state index contributed by atoms with van der Waals surface area (Å²) in [5.41, 5.74) is 0. The first-order chi connectivity index (χ1) is 2.91. The van der Waals surface area contributed by atoms with Gasteiger partial charge in [0.05, 0.1) is 0 Å². The van der Waals surface area contributed by atoms with E-state index in [1.165, 1.54) is 6.21 Å². The zero-order valence-electron chi connectivity index (χ0n) is 3.85. The Bertz CT molecular complexity index is 42.8. The van der Waals surface area contributed by atoms with Crippen LogP contribution >= 0.6 is 0 Å². The lowest BCUT2D eigenvalue weighted by Crippen LogP contribution is -1.75. The van der Waals surface area contributed by atoms with Gasteiger partial charge in [-0.25, -0.2) is 0 Å². The van der Waals surface area contributed by atoms with Gasteiger partial charge in [-0.2, -0.15) is 0 Å². The number of hydrogen-bond donors (Lipinski definition) is 0. The van der Waals surface area contributed by atoms with Crippen molar-refractivity contribution in [2.24, 2.45) is 5.16 Å². The van der Waals surface area contributed by atoms with Crippen LogP contribution in [0.25, 0.3) is 0 Å². The van der Waals surface area contributed by atoms with Gasteiger partial charge in [0.2, 0.25) is 0 Å². The molecule has 0 atom stereocenters. The minimum Gasteiger partial charge on any atom is -0.396 e. The molecule has 35 valence electrons. The fourth-order valence-electron chi connectivity index (χ4n) is 0.127. The number of hydrogen-bond acceptors (Lipinski definition) is 2.